The smallest absolute Gasteiger partial charge is 0.252 e. The largest absolute Gasteiger partial charge is 0.311 e. The summed E-state index contributed by atoms with van der Waals surface area (Å²) >= 11 is 0. The van der Waals surface area contributed by atoms with Gasteiger partial charge in [0.1, 0.15) is 0 Å². The SMILES string of the molecule is Cc1cc2c(cc1N1c3cc4c(cc3B3c5cc6c(cc5N(c5ccc(C(C)(C)C)cc5-c5ccccc5)c5cc(N(c7ccccc7)c7ccccc7)cc1c53)C(C)(C)CCC6(C)C)C(C)(C)CC4(C)C)C(C)(C)CC2(C)C. The quantitative estimate of drug-likeness (QED) is 0.154. The van der Waals surface area contributed by atoms with Gasteiger partial charge in [0.25, 0.3) is 6.71 Å². The molecule has 0 spiro atoms. The molecule has 0 amide bonds. The molecule has 0 N–H and O–H groups in total. The van der Waals surface area contributed by atoms with Gasteiger partial charge >= 0.3 is 0 Å². The van der Waals surface area contributed by atoms with Crippen LogP contribution in [0.2, 0.25) is 0 Å². The average molecular weight is 1040 g/mol. The van der Waals surface area contributed by atoms with E-state index in [1.54, 1.807) is 0 Å². The van der Waals surface area contributed by atoms with Gasteiger partial charge < -0.3 is 14.7 Å². The second-order valence-electron chi connectivity index (χ2n) is 29.6. The third-order valence-electron chi connectivity index (χ3n) is 19.9. The molecule has 0 saturated heterocycles. The molecule has 2 heterocycles. The highest BCUT2D eigenvalue weighted by Gasteiger charge is 2.51. The van der Waals surface area contributed by atoms with Gasteiger partial charge in [-0.15, -0.1) is 0 Å². The highest BCUT2D eigenvalue weighted by molar-refractivity contribution is 7.00. The summed E-state index contributed by atoms with van der Waals surface area (Å²) in [6, 6.07) is 61.9. The molecule has 0 aromatic heterocycles. The molecule has 13 rings (SSSR count). The molecule has 4 heteroatoms. The molecule has 8 aromatic rings. The first kappa shape index (κ1) is 51.6. The van der Waals surface area contributed by atoms with E-state index in [2.05, 4.69) is 283 Å². The zero-order valence-corrected chi connectivity index (χ0v) is 50.3. The molecule has 2 aliphatic heterocycles. The van der Waals surface area contributed by atoms with Crippen molar-refractivity contribution in [2.45, 2.75) is 174 Å². The van der Waals surface area contributed by atoms with Crippen LogP contribution in [0.5, 0.6) is 0 Å². The van der Waals surface area contributed by atoms with E-state index >= 15 is 0 Å². The lowest BCUT2D eigenvalue weighted by Crippen LogP contribution is -2.62. The van der Waals surface area contributed by atoms with Crippen LogP contribution in [0.3, 0.4) is 0 Å². The number of anilines is 9. The summed E-state index contributed by atoms with van der Waals surface area (Å²) in [5.41, 5.74) is 29.1. The summed E-state index contributed by atoms with van der Waals surface area (Å²) in [6.45, 7) is 39.3. The van der Waals surface area contributed by atoms with Crippen molar-refractivity contribution in [1.82, 2.24) is 0 Å². The maximum Gasteiger partial charge on any atom is 0.252 e. The summed E-state index contributed by atoms with van der Waals surface area (Å²) < 4.78 is 0. The minimum atomic E-state index is -0.0586. The number of benzene rings is 8. The van der Waals surface area contributed by atoms with Crippen LogP contribution in [-0.2, 0) is 37.9 Å². The molecular formula is C75H82BN3. The van der Waals surface area contributed by atoms with Gasteiger partial charge in [0.05, 0.1) is 11.4 Å². The normalized spacial score (nSPS) is 19.0. The van der Waals surface area contributed by atoms with Crippen LogP contribution in [0.25, 0.3) is 11.1 Å². The van der Waals surface area contributed by atoms with Crippen molar-refractivity contribution < 1.29 is 0 Å². The van der Waals surface area contributed by atoms with Crippen LogP contribution in [0.15, 0.2) is 158 Å². The third-order valence-corrected chi connectivity index (χ3v) is 19.9. The zero-order chi connectivity index (χ0) is 55.7. The predicted octanol–water partition coefficient (Wildman–Crippen LogP) is 18.8. The zero-order valence-electron chi connectivity index (χ0n) is 50.3. The van der Waals surface area contributed by atoms with Crippen LogP contribution in [-0.4, -0.2) is 6.71 Å². The number of fused-ring (bicyclic) bond motifs is 7. The van der Waals surface area contributed by atoms with Crippen molar-refractivity contribution in [3.63, 3.8) is 0 Å². The van der Waals surface area contributed by atoms with Crippen LogP contribution >= 0.6 is 0 Å². The molecule has 5 aliphatic rings. The molecule has 3 nitrogen and oxygen atoms in total. The van der Waals surface area contributed by atoms with E-state index in [1.165, 1.54) is 106 Å². The maximum absolute atomic E-state index is 2.76. The summed E-state index contributed by atoms with van der Waals surface area (Å²) in [5, 5.41) is 0. The van der Waals surface area contributed by atoms with Gasteiger partial charge in [-0.25, -0.2) is 0 Å². The molecule has 8 aromatic carbocycles. The Labute approximate surface area is 474 Å². The second kappa shape index (κ2) is 17.1. The van der Waals surface area contributed by atoms with E-state index in [1.807, 2.05) is 0 Å². The molecule has 0 saturated carbocycles. The molecule has 0 unspecified atom stereocenters. The summed E-state index contributed by atoms with van der Waals surface area (Å²) in [5.74, 6) is 0. The van der Waals surface area contributed by atoms with Crippen molar-refractivity contribution in [2.75, 3.05) is 14.7 Å². The highest BCUT2D eigenvalue weighted by atomic mass is 15.2. The summed E-state index contributed by atoms with van der Waals surface area (Å²) in [4.78, 5) is 8.00. The molecule has 0 radical (unpaired) electrons. The first-order valence-electron chi connectivity index (χ1n) is 29.6. The van der Waals surface area contributed by atoms with Crippen molar-refractivity contribution in [2.24, 2.45) is 0 Å². The molecular weight excluding hydrogens is 954 g/mol. The molecule has 0 bridgehead atoms. The Kier molecular flexibility index (Phi) is 11.2. The number of para-hydroxylation sites is 2. The number of hydrogen-bond donors (Lipinski definition) is 0. The monoisotopic (exact) mass is 1040 g/mol. The molecule has 0 fully saturated rings. The van der Waals surface area contributed by atoms with Crippen molar-refractivity contribution in [3.8, 4) is 11.1 Å². The van der Waals surface area contributed by atoms with Gasteiger partial charge in [0.15, 0.2) is 0 Å². The number of hydrogen-bond acceptors (Lipinski definition) is 3. The maximum atomic E-state index is 2.76. The van der Waals surface area contributed by atoms with E-state index in [-0.39, 0.29) is 44.6 Å². The second-order valence-corrected chi connectivity index (χ2v) is 29.6. The number of rotatable bonds is 6. The fraction of sp³-hybridized carbons (Fsp3) is 0.360. The van der Waals surface area contributed by atoms with Crippen LogP contribution in [0.1, 0.15) is 174 Å². The van der Waals surface area contributed by atoms with E-state index in [9.17, 15) is 0 Å². The van der Waals surface area contributed by atoms with Crippen molar-refractivity contribution in [3.05, 3.63) is 202 Å². The van der Waals surface area contributed by atoms with E-state index in [4.69, 9.17) is 0 Å². The minimum Gasteiger partial charge on any atom is -0.311 e. The standard InChI is InChI=1S/C75H82BN3/c1-47-36-54-58(74(13,14)45-72(54,9)10)42-63(47)79-65-44-59-56(73(11,12)46-75(59,15)16)41-61(65)76-60-40-55-57(71(7,8)35-34-70(55,5)6)43-64(60)78(62-33-32-49(69(2,3)4)37-53(62)48-26-20-17-21-27-48)66-38-52(39-67(79)68(66)76)77(50-28-22-18-23-29-50)51-30-24-19-25-31-51/h17-33,36-44H,34-35,45-46H2,1-16H3. The van der Waals surface area contributed by atoms with E-state index in [0.29, 0.717) is 0 Å². The predicted molar refractivity (Wildman–Crippen MR) is 341 cm³/mol. The van der Waals surface area contributed by atoms with Gasteiger partial charge in [0.2, 0.25) is 0 Å². The van der Waals surface area contributed by atoms with Crippen LogP contribution in [0.4, 0.5) is 51.2 Å². The Balaban J connectivity index is 1.24. The Bertz CT molecular complexity index is 3750. The summed E-state index contributed by atoms with van der Waals surface area (Å²) in [7, 11) is 0. The molecule has 0 atom stereocenters. The van der Waals surface area contributed by atoms with Crippen LogP contribution < -0.4 is 31.1 Å². The van der Waals surface area contributed by atoms with Crippen molar-refractivity contribution in [1.29, 1.82) is 0 Å². The molecule has 3 aliphatic carbocycles. The average Bonchev–Trinajstić information content (AvgIpc) is 2.75. The lowest BCUT2D eigenvalue weighted by Gasteiger charge is -2.48. The lowest BCUT2D eigenvalue weighted by molar-refractivity contribution is 0.332. The highest BCUT2D eigenvalue weighted by Crippen LogP contribution is 2.58. The molecule has 79 heavy (non-hydrogen) atoms. The van der Waals surface area contributed by atoms with Gasteiger partial charge in [0, 0.05) is 45.4 Å². The van der Waals surface area contributed by atoms with Gasteiger partial charge in [-0.05, 0) is 204 Å². The molecule has 400 valence electrons. The van der Waals surface area contributed by atoms with Gasteiger partial charge in [-0.3, -0.25) is 0 Å². The minimum absolute atomic E-state index is 0.00139. The fourth-order valence-corrected chi connectivity index (χ4v) is 16.2. The number of aryl methyl sites for hydroxylation is 1. The first-order chi connectivity index (χ1) is 37.2. The lowest BCUT2D eigenvalue weighted by atomic mass is 9.33. The first-order valence-corrected chi connectivity index (χ1v) is 29.6. The topological polar surface area (TPSA) is 9.72 Å². The Morgan fingerprint density at radius 1 is 0.392 bits per heavy atom. The van der Waals surface area contributed by atoms with Crippen molar-refractivity contribution >= 4 is 74.3 Å². The van der Waals surface area contributed by atoms with E-state index < -0.39 is 0 Å². The Hall–Kier alpha value is -6.78. The Morgan fingerprint density at radius 3 is 1.28 bits per heavy atom. The third kappa shape index (κ3) is 7.95. The van der Waals surface area contributed by atoms with Crippen LogP contribution in [0, 0.1) is 6.92 Å². The van der Waals surface area contributed by atoms with Gasteiger partial charge in [-0.2, -0.15) is 0 Å². The Morgan fingerprint density at radius 2 is 0.797 bits per heavy atom. The van der Waals surface area contributed by atoms with Gasteiger partial charge in [-0.1, -0.05) is 195 Å². The number of nitrogens with zero attached hydrogens (tertiary/aromatic N) is 3. The van der Waals surface area contributed by atoms with E-state index in [0.717, 1.165) is 42.7 Å². The summed E-state index contributed by atoms with van der Waals surface area (Å²) in [6.07, 6.45) is 4.51. The fourth-order valence-electron chi connectivity index (χ4n) is 16.2.